The lowest BCUT2D eigenvalue weighted by Gasteiger charge is -2.14. The fraction of sp³-hybridized carbons (Fsp3) is 0.438. The Bertz CT molecular complexity index is 445. The molecule has 0 saturated heterocycles. The van der Waals surface area contributed by atoms with Gasteiger partial charge in [-0.3, -0.25) is 4.79 Å². The predicted molar refractivity (Wildman–Crippen MR) is 72.2 cm³/mol. The summed E-state index contributed by atoms with van der Waals surface area (Å²) in [6, 6.07) is 9.45. The Balaban J connectivity index is 2.25. The van der Waals surface area contributed by atoms with Gasteiger partial charge in [-0.1, -0.05) is 49.2 Å². The van der Waals surface area contributed by atoms with E-state index in [2.05, 4.69) is 6.92 Å². The number of hydrogen-bond donors (Lipinski definition) is 1. The minimum Gasteiger partial charge on any atom is -0.384 e. The molecule has 2 nitrogen and oxygen atoms in total. The van der Waals surface area contributed by atoms with Crippen molar-refractivity contribution in [3.05, 3.63) is 47.0 Å². The molecular weight excluding hydrogens is 224 g/mol. The second-order valence-electron chi connectivity index (χ2n) is 4.86. The molecule has 0 aromatic heterocycles. The van der Waals surface area contributed by atoms with E-state index in [0.717, 1.165) is 31.2 Å². The molecule has 1 aromatic carbocycles. The fourth-order valence-electron chi connectivity index (χ4n) is 2.53. The molecular formula is C16H20O2. The van der Waals surface area contributed by atoms with Gasteiger partial charge in [-0.25, -0.2) is 0 Å². The van der Waals surface area contributed by atoms with Crippen LogP contribution < -0.4 is 0 Å². The van der Waals surface area contributed by atoms with Crippen LogP contribution in [0.3, 0.4) is 0 Å². The van der Waals surface area contributed by atoms with Gasteiger partial charge in [-0.05, 0) is 24.8 Å². The minimum atomic E-state index is -0.743. The normalized spacial score (nSPS) is 17.3. The van der Waals surface area contributed by atoms with Crippen molar-refractivity contribution in [3.63, 3.8) is 0 Å². The van der Waals surface area contributed by atoms with Gasteiger partial charge in [-0.15, -0.1) is 0 Å². The summed E-state index contributed by atoms with van der Waals surface area (Å²) >= 11 is 0. The number of aliphatic hydroxyl groups is 1. The largest absolute Gasteiger partial charge is 0.384 e. The molecule has 0 amide bonds. The van der Waals surface area contributed by atoms with Crippen molar-refractivity contribution in [2.45, 2.75) is 45.1 Å². The highest BCUT2D eigenvalue weighted by Gasteiger charge is 2.28. The number of allylic oxidation sites excluding steroid dienone is 1. The topological polar surface area (TPSA) is 37.3 Å². The van der Waals surface area contributed by atoms with E-state index in [9.17, 15) is 9.90 Å². The lowest BCUT2D eigenvalue weighted by atomic mass is 9.96. The SMILES string of the molecule is CCCCC1=C(C(O)c2ccccc2)C(=O)CC1. The van der Waals surface area contributed by atoms with Crippen LogP contribution in [0.1, 0.15) is 50.7 Å². The number of carbonyl (C=O) groups is 1. The molecule has 1 aliphatic carbocycles. The number of rotatable bonds is 5. The Morgan fingerprint density at radius 3 is 2.61 bits per heavy atom. The molecule has 1 aliphatic rings. The highest BCUT2D eigenvalue weighted by Crippen LogP contribution is 2.35. The first-order valence-corrected chi connectivity index (χ1v) is 6.72. The molecule has 0 fully saturated rings. The van der Waals surface area contributed by atoms with Crippen LogP contribution in [0.15, 0.2) is 41.5 Å². The molecule has 0 bridgehead atoms. The van der Waals surface area contributed by atoms with Crippen molar-refractivity contribution in [1.29, 1.82) is 0 Å². The summed E-state index contributed by atoms with van der Waals surface area (Å²) in [6.07, 6.45) is 3.81. The zero-order valence-electron chi connectivity index (χ0n) is 10.9. The monoisotopic (exact) mass is 244 g/mol. The first kappa shape index (κ1) is 13.0. The maximum Gasteiger partial charge on any atom is 0.162 e. The Hall–Kier alpha value is -1.41. The van der Waals surface area contributed by atoms with E-state index in [0.29, 0.717) is 12.0 Å². The zero-order chi connectivity index (χ0) is 13.0. The lowest BCUT2D eigenvalue weighted by Crippen LogP contribution is -2.08. The van der Waals surface area contributed by atoms with Gasteiger partial charge in [0.25, 0.3) is 0 Å². The van der Waals surface area contributed by atoms with E-state index in [1.54, 1.807) is 0 Å². The third-order valence-electron chi connectivity index (χ3n) is 3.56. The summed E-state index contributed by atoms with van der Waals surface area (Å²) < 4.78 is 0. The van der Waals surface area contributed by atoms with E-state index < -0.39 is 6.10 Å². The lowest BCUT2D eigenvalue weighted by molar-refractivity contribution is -0.115. The smallest absolute Gasteiger partial charge is 0.162 e. The van der Waals surface area contributed by atoms with E-state index in [-0.39, 0.29) is 5.78 Å². The summed E-state index contributed by atoms with van der Waals surface area (Å²) in [5.74, 6) is 0.123. The fourth-order valence-corrected chi connectivity index (χ4v) is 2.53. The van der Waals surface area contributed by atoms with Gasteiger partial charge in [-0.2, -0.15) is 0 Å². The molecule has 0 saturated carbocycles. The number of unbranched alkanes of at least 4 members (excludes halogenated alkanes) is 1. The van der Waals surface area contributed by atoms with Crippen LogP contribution in [0.25, 0.3) is 0 Å². The predicted octanol–water partition coefficient (Wildman–Crippen LogP) is 3.57. The van der Waals surface area contributed by atoms with Gasteiger partial charge in [0.15, 0.2) is 5.78 Å². The Morgan fingerprint density at radius 1 is 1.22 bits per heavy atom. The van der Waals surface area contributed by atoms with Gasteiger partial charge in [0.2, 0.25) is 0 Å². The summed E-state index contributed by atoms with van der Waals surface area (Å²) in [5.41, 5.74) is 2.64. The van der Waals surface area contributed by atoms with Crippen molar-refractivity contribution in [2.75, 3.05) is 0 Å². The molecule has 1 aromatic rings. The highest BCUT2D eigenvalue weighted by molar-refractivity contribution is 5.99. The van der Waals surface area contributed by atoms with Crippen LogP contribution in [0.5, 0.6) is 0 Å². The number of hydrogen-bond acceptors (Lipinski definition) is 2. The number of benzene rings is 1. The van der Waals surface area contributed by atoms with Gasteiger partial charge in [0.05, 0.1) is 0 Å². The molecule has 0 aliphatic heterocycles. The molecule has 1 N–H and O–H groups in total. The van der Waals surface area contributed by atoms with Gasteiger partial charge < -0.3 is 5.11 Å². The number of carbonyl (C=O) groups excluding carboxylic acids is 1. The molecule has 1 atom stereocenters. The van der Waals surface area contributed by atoms with Crippen molar-refractivity contribution in [2.24, 2.45) is 0 Å². The van der Waals surface area contributed by atoms with Crippen molar-refractivity contribution in [1.82, 2.24) is 0 Å². The van der Waals surface area contributed by atoms with Crippen molar-refractivity contribution in [3.8, 4) is 0 Å². The van der Waals surface area contributed by atoms with Crippen LogP contribution in [0.2, 0.25) is 0 Å². The van der Waals surface area contributed by atoms with Crippen LogP contribution >= 0.6 is 0 Å². The molecule has 2 rings (SSSR count). The quantitative estimate of drug-likeness (QED) is 0.859. The third kappa shape index (κ3) is 2.70. The zero-order valence-corrected chi connectivity index (χ0v) is 10.9. The first-order valence-electron chi connectivity index (χ1n) is 6.72. The van der Waals surface area contributed by atoms with Crippen molar-refractivity contribution >= 4 is 5.78 Å². The van der Waals surface area contributed by atoms with E-state index in [1.165, 1.54) is 5.57 Å². The third-order valence-corrected chi connectivity index (χ3v) is 3.56. The summed E-state index contributed by atoms with van der Waals surface area (Å²) in [4.78, 5) is 11.9. The average Bonchev–Trinajstić information content (AvgIpc) is 2.77. The van der Waals surface area contributed by atoms with Gasteiger partial charge >= 0.3 is 0 Å². The second-order valence-corrected chi connectivity index (χ2v) is 4.86. The van der Waals surface area contributed by atoms with Crippen LogP contribution in [-0.2, 0) is 4.79 Å². The van der Waals surface area contributed by atoms with E-state index >= 15 is 0 Å². The summed E-state index contributed by atoms with van der Waals surface area (Å²) in [6.45, 7) is 2.14. The molecule has 0 spiro atoms. The molecule has 18 heavy (non-hydrogen) atoms. The Morgan fingerprint density at radius 2 is 1.94 bits per heavy atom. The maximum atomic E-state index is 11.9. The average molecular weight is 244 g/mol. The van der Waals surface area contributed by atoms with E-state index in [1.807, 2.05) is 30.3 Å². The Labute approximate surface area is 108 Å². The van der Waals surface area contributed by atoms with Crippen LogP contribution in [-0.4, -0.2) is 10.9 Å². The summed E-state index contributed by atoms with van der Waals surface area (Å²) in [7, 11) is 0. The van der Waals surface area contributed by atoms with Crippen LogP contribution in [0.4, 0.5) is 0 Å². The molecule has 0 radical (unpaired) electrons. The molecule has 2 heteroatoms. The number of ketones is 1. The first-order chi connectivity index (χ1) is 8.74. The number of aliphatic hydroxyl groups excluding tert-OH is 1. The standard InChI is InChI=1S/C16H20O2/c1-2-3-7-12-10-11-14(17)15(12)16(18)13-8-5-4-6-9-13/h4-6,8-9,16,18H,2-3,7,10-11H2,1H3. The van der Waals surface area contributed by atoms with E-state index in [4.69, 9.17) is 0 Å². The summed E-state index contributed by atoms with van der Waals surface area (Å²) in [5, 5.41) is 10.4. The molecule has 0 heterocycles. The van der Waals surface area contributed by atoms with Crippen molar-refractivity contribution < 1.29 is 9.90 Å². The number of Topliss-reactive ketones (excluding diaryl/α,β-unsaturated/α-hetero) is 1. The minimum absolute atomic E-state index is 0.123. The van der Waals surface area contributed by atoms with Gasteiger partial charge in [0.1, 0.15) is 6.10 Å². The van der Waals surface area contributed by atoms with Crippen LogP contribution in [0, 0.1) is 0 Å². The Kier molecular flexibility index (Phi) is 4.32. The molecule has 1 unspecified atom stereocenters. The maximum absolute atomic E-state index is 11.9. The highest BCUT2D eigenvalue weighted by atomic mass is 16.3. The van der Waals surface area contributed by atoms with Gasteiger partial charge in [0, 0.05) is 12.0 Å². The molecule has 96 valence electrons. The second kappa shape index (κ2) is 5.96.